The van der Waals surface area contributed by atoms with Gasteiger partial charge in [-0.15, -0.1) is 0 Å². The third-order valence-electron chi connectivity index (χ3n) is 7.02. The van der Waals surface area contributed by atoms with Gasteiger partial charge in [0.2, 0.25) is 5.91 Å². The van der Waals surface area contributed by atoms with Crippen LogP contribution < -0.4 is 19.4 Å². The van der Waals surface area contributed by atoms with E-state index in [1.165, 1.54) is 31.4 Å². The number of imide groups is 1. The third kappa shape index (κ3) is 4.85. The molecule has 2 aliphatic heterocycles. The number of anilines is 2. The Morgan fingerprint density at radius 3 is 2.24 bits per heavy atom. The van der Waals surface area contributed by atoms with E-state index in [9.17, 15) is 18.8 Å². The lowest BCUT2D eigenvalue weighted by Crippen LogP contribution is -2.37. The molecular weight excluding hydrogens is 595 g/mol. The summed E-state index contributed by atoms with van der Waals surface area (Å²) in [4.78, 5) is 47.4. The van der Waals surface area contributed by atoms with Gasteiger partial charge in [-0.05, 0) is 78.4 Å². The van der Waals surface area contributed by atoms with Crippen molar-refractivity contribution in [1.29, 1.82) is 0 Å². The number of hydroxylamine groups is 1. The summed E-state index contributed by atoms with van der Waals surface area (Å²) in [5.74, 6) is -2.49. The molecule has 2 heterocycles. The predicted octanol–water partition coefficient (Wildman–Crippen LogP) is 5.87. The summed E-state index contributed by atoms with van der Waals surface area (Å²) < 4.78 is 25.2. The highest BCUT2D eigenvalue weighted by Gasteiger charge is 2.60. The van der Waals surface area contributed by atoms with E-state index in [0.717, 1.165) is 9.37 Å². The molecule has 8 nitrogen and oxygen atoms in total. The molecule has 0 saturated carbocycles. The Labute approximate surface area is 242 Å². The molecule has 0 unspecified atom stereocenters. The lowest BCUT2D eigenvalue weighted by molar-refractivity contribution is -0.126. The van der Waals surface area contributed by atoms with E-state index in [4.69, 9.17) is 14.3 Å². The van der Waals surface area contributed by atoms with Gasteiger partial charge >= 0.3 is 5.97 Å². The van der Waals surface area contributed by atoms with E-state index in [-0.39, 0.29) is 17.1 Å². The number of amides is 2. The Hall–Kier alpha value is -4.54. The normalized spacial score (nSPS) is 19.8. The monoisotopic (exact) mass is 616 g/mol. The molecule has 0 aromatic heterocycles. The van der Waals surface area contributed by atoms with Gasteiger partial charge in [-0.1, -0.05) is 40.2 Å². The van der Waals surface area contributed by atoms with Gasteiger partial charge in [0.05, 0.1) is 30.1 Å². The highest BCUT2D eigenvalue weighted by molar-refractivity contribution is 9.10. The third-order valence-corrected chi connectivity index (χ3v) is 7.55. The number of fused-ring (bicyclic) bond motifs is 1. The van der Waals surface area contributed by atoms with Crippen molar-refractivity contribution in [2.24, 2.45) is 5.92 Å². The zero-order chi connectivity index (χ0) is 28.7. The van der Waals surface area contributed by atoms with Crippen molar-refractivity contribution in [1.82, 2.24) is 0 Å². The van der Waals surface area contributed by atoms with E-state index in [2.05, 4.69) is 15.9 Å². The molecule has 0 bridgehead atoms. The molecular formula is C31H22BrFN2O6. The van der Waals surface area contributed by atoms with Crippen LogP contribution in [0.25, 0.3) is 0 Å². The zero-order valence-corrected chi connectivity index (χ0v) is 23.2. The van der Waals surface area contributed by atoms with Crippen LogP contribution in [0.5, 0.6) is 11.5 Å². The minimum atomic E-state index is -1.04. The number of carbonyl (C=O) groups is 3. The second-order valence-electron chi connectivity index (χ2n) is 9.45. The Morgan fingerprint density at radius 2 is 1.56 bits per heavy atom. The van der Waals surface area contributed by atoms with Crippen LogP contribution in [-0.4, -0.2) is 31.0 Å². The van der Waals surface area contributed by atoms with Gasteiger partial charge in [0.15, 0.2) is 17.6 Å². The van der Waals surface area contributed by atoms with Crippen LogP contribution in [0, 0.1) is 11.7 Å². The number of carbonyl (C=O) groups excluding carboxylic acids is 3. The smallest absolute Gasteiger partial charge is 0.343 e. The summed E-state index contributed by atoms with van der Waals surface area (Å²) in [5, 5.41) is 1.57. The van der Waals surface area contributed by atoms with Crippen molar-refractivity contribution in [3.05, 3.63) is 118 Å². The number of halogens is 2. The Morgan fingerprint density at radius 1 is 0.854 bits per heavy atom. The SMILES string of the molecule is COc1cc([C@@H]2[C@@H]3C(=O)N(c4ccc(Br)cc4)C(=O)[C@H]3ON2c2ccccc2)ccc1OC(=O)c1ccc(F)cc1. The molecule has 206 valence electrons. The highest BCUT2D eigenvalue weighted by Crippen LogP contribution is 2.48. The summed E-state index contributed by atoms with van der Waals surface area (Å²) in [6, 6.07) is 25.3. The minimum Gasteiger partial charge on any atom is -0.493 e. The molecule has 6 rings (SSSR count). The first kappa shape index (κ1) is 26.7. The van der Waals surface area contributed by atoms with Crippen LogP contribution in [0.15, 0.2) is 102 Å². The molecule has 10 heteroatoms. The maximum absolute atomic E-state index is 13.9. The second kappa shape index (κ2) is 10.8. The first-order valence-corrected chi connectivity index (χ1v) is 13.4. The van der Waals surface area contributed by atoms with Crippen molar-refractivity contribution in [2.75, 3.05) is 17.1 Å². The number of ether oxygens (including phenoxy) is 2. The topological polar surface area (TPSA) is 85.4 Å². The molecule has 0 aliphatic carbocycles. The van der Waals surface area contributed by atoms with Crippen molar-refractivity contribution >= 4 is 45.1 Å². The quantitative estimate of drug-likeness (QED) is 0.152. The summed E-state index contributed by atoms with van der Waals surface area (Å²) in [6.07, 6.45) is -1.04. The van der Waals surface area contributed by atoms with E-state index < -0.39 is 41.7 Å². The Kier molecular flexibility index (Phi) is 7.02. The van der Waals surface area contributed by atoms with Gasteiger partial charge in [-0.3, -0.25) is 14.4 Å². The number of rotatable bonds is 6. The molecule has 4 aromatic carbocycles. The number of para-hydroxylation sites is 1. The van der Waals surface area contributed by atoms with E-state index >= 15 is 0 Å². The second-order valence-corrected chi connectivity index (χ2v) is 10.4. The largest absolute Gasteiger partial charge is 0.493 e. The molecule has 2 saturated heterocycles. The van der Waals surface area contributed by atoms with Gasteiger partial charge in [0.1, 0.15) is 11.7 Å². The maximum atomic E-state index is 13.9. The number of hydrogen-bond donors (Lipinski definition) is 0. The molecule has 2 amide bonds. The molecule has 3 atom stereocenters. The summed E-state index contributed by atoms with van der Waals surface area (Å²) in [5.41, 5.74) is 1.89. The number of esters is 1. The molecule has 41 heavy (non-hydrogen) atoms. The van der Waals surface area contributed by atoms with E-state index in [0.29, 0.717) is 16.9 Å². The zero-order valence-electron chi connectivity index (χ0n) is 21.6. The van der Waals surface area contributed by atoms with Gasteiger partial charge in [-0.25, -0.2) is 19.1 Å². The lowest BCUT2D eigenvalue weighted by Gasteiger charge is -2.29. The van der Waals surface area contributed by atoms with Crippen LogP contribution in [0.4, 0.5) is 15.8 Å². The Bertz CT molecular complexity index is 1630. The molecule has 0 radical (unpaired) electrons. The molecule has 2 aliphatic rings. The number of hydrogen-bond acceptors (Lipinski definition) is 7. The molecule has 0 N–H and O–H groups in total. The van der Waals surface area contributed by atoms with Crippen molar-refractivity contribution in [3.63, 3.8) is 0 Å². The van der Waals surface area contributed by atoms with E-state index in [1.54, 1.807) is 47.5 Å². The first-order valence-electron chi connectivity index (χ1n) is 12.7. The Balaban J connectivity index is 1.36. The molecule has 4 aromatic rings. The van der Waals surface area contributed by atoms with Gasteiger partial charge in [-0.2, -0.15) is 0 Å². The standard InChI is InChI=1S/C31H22BrFN2O6/c1-39-25-17-19(9-16-24(25)40-31(38)18-7-12-21(33)13-8-18)27-26-28(41-35(27)23-5-3-2-4-6-23)30(37)34(29(26)36)22-14-10-20(32)11-15-22/h2-17,26-28H,1H3/t26-,27+,28-/m0/s1. The van der Waals surface area contributed by atoms with Crippen molar-refractivity contribution in [3.8, 4) is 11.5 Å². The number of benzene rings is 4. The van der Waals surface area contributed by atoms with Gasteiger partial charge < -0.3 is 9.47 Å². The summed E-state index contributed by atoms with van der Waals surface area (Å²) in [6.45, 7) is 0. The fraction of sp³-hybridized carbons (Fsp3) is 0.129. The van der Waals surface area contributed by atoms with Crippen molar-refractivity contribution < 1.29 is 33.1 Å². The molecule has 0 spiro atoms. The average molecular weight is 617 g/mol. The number of methoxy groups -OCH3 is 1. The van der Waals surface area contributed by atoms with Crippen LogP contribution in [-0.2, 0) is 14.4 Å². The highest BCUT2D eigenvalue weighted by atomic mass is 79.9. The van der Waals surface area contributed by atoms with Crippen LogP contribution >= 0.6 is 15.9 Å². The number of nitrogens with zero attached hydrogens (tertiary/aromatic N) is 2. The lowest BCUT2D eigenvalue weighted by atomic mass is 9.90. The summed E-state index contributed by atoms with van der Waals surface area (Å²) in [7, 11) is 1.43. The van der Waals surface area contributed by atoms with Crippen LogP contribution in [0.2, 0.25) is 0 Å². The predicted molar refractivity (Wildman–Crippen MR) is 151 cm³/mol. The summed E-state index contributed by atoms with van der Waals surface area (Å²) >= 11 is 3.38. The van der Waals surface area contributed by atoms with Crippen LogP contribution in [0.1, 0.15) is 22.0 Å². The molecule has 2 fully saturated rings. The maximum Gasteiger partial charge on any atom is 0.343 e. The van der Waals surface area contributed by atoms with Gasteiger partial charge in [0, 0.05) is 4.47 Å². The minimum absolute atomic E-state index is 0.137. The average Bonchev–Trinajstić information content (AvgIpc) is 3.50. The van der Waals surface area contributed by atoms with Crippen LogP contribution in [0.3, 0.4) is 0 Å². The van der Waals surface area contributed by atoms with E-state index in [1.807, 2.05) is 30.3 Å². The van der Waals surface area contributed by atoms with Gasteiger partial charge in [0.25, 0.3) is 5.91 Å². The fourth-order valence-corrected chi connectivity index (χ4v) is 5.36. The van der Waals surface area contributed by atoms with Crippen molar-refractivity contribution in [2.45, 2.75) is 12.1 Å². The fourth-order valence-electron chi connectivity index (χ4n) is 5.09. The first-order chi connectivity index (χ1) is 19.9.